The van der Waals surface area contributed by atoms with Gasteiger partial charge in [-0.25, -0.2) is 8.42 Å². The third kappa shape index (κ3) is 3.38. The van der Waals surface area contributed by atoms with Crippen molar-refractivity contribution < 1.29 is 8.42 Å². The van der Waals surface area contributed by atoms with Gasteiger partial charge in [0.2, 0.25) is 0 Å². The van der Waals surface area contributed by atoms with E-state index in [0.29, 0.717) is 10.2 Å². The largest absolute Gasteiger partial charge is 0.278 e. The van der Waals surface area contributed by atoms with Crippen LogP contribution < -0.4 is 4.72 Å². The Labute approximate surface area is 129 Å². The highest BCUT2D eigenvalue weighted by Gasteiger charge is 2.15. The van der Waals surface area contributed by atoms with Crippen LogP contribution in [0, 0.1) is 6.92 Å². The summed E-state index contributed by atoms with van der Waals surface area (Å²) >= 11 is 6.68. The van der Waals surface area contributed by atoms with Crippen molar-refractivity contribution in [2.75, 3.05) is 4.72 Å². The maximum absolute atomic E-state index is 12.2. The average molecular weight is 405 g/mol. The topological polar surface area (TPSA) is 46.2 Å². The second-order valence-electron chi connectivity index (χ2n) is 4.02. The van der Waals surface area contributed by atoms with Crippen LogP contribution in [-0.2, 0) is 10.0 Å². The van der Waals surface area contributed by atoms with Crippen LogP contribution in [0.2, 0.25) is 0 Å². The van der Waals surface area contributed by atoms with Gasteiger partial charge in [0.15, 0.2) is 0 Å². The molecule has 0 bridgehead atoms. The molecule has 3 nitrogen and oxygen atoms in total. The fraction of sp³-hybridized carbons (Fsp3) is 0.0769. The van der Waals surface area contributed by atoms with Crippen LogP contribution in [0.3, 0.4) is 0 Å². The fourth-order valence-electron chi connectivity index (χ4n) is 1.50. The molecule has 2 aromatic carbocycles. The molecule has 0 aliphatic carbocycles. The fourth-order valence-corrected chi connectivity index (χ4v) is 3.44. The molecule has 19 heavy (non-hydrogen) atoms. The molecule has 0 amide bonds. The van der Waals surface area contributed by atoms with Crippen LogP contribution in [0.4, 0.5) is 5.69 Å². The van der Waals surface area contributed by atoms with Crippen molar-refractivity contribution in [3.63, 3.8) is 0 Å². The third-order valence-corrected chi connectivity index (χ3v) is 5.96. The van der Waals surface area contributed by atoms with E-state index >= 15 is 0 Å². The summed E-state index contributed by atoms with van der Waals surface area (Å²) < 4.78 is 28.5. The number of sulfonamides is 1. The maximum atomic E-state index is 12.2. The van der Waals surface area contributed by atoms with Gasteiger partial charge in [-0.1, -0.05) is 23.8 Å². The van der Waals surface area contributed by atoms with E-state index in [0.717, 1.165) is 10.0 Å². The van der Waals surface area contributed by atoms with E-state index in [1.165, 1.54) is 0 Å². The molecule has 0 heterocycles. The van der Waals surface area contributed by atoms with Crippen molar-refractivity contribution in [3.8, 4) is 0 Å². The molecule has 0 aliphatic rings. The van der Waals surface area contributed by atoms with Crippen molar-refractivity contribution >= 4 is 47.6 Å². The van der Waals surface area contributed by atoms with Crippen LogP contribution in [0.5, 0.6) is 0 Å². The number of hydrogen-bond acceptors (Lipinski definition) is 2. The monoisotopic (exact) mass is 403 g/mol. The van der Waals surface area contributed by atoms with Gasteiger partial charge in [0.1, 0.15) is 0 Å². The molecular weight excluding hydrogens is 394 g/mol. The lowest BCUT2D eigenvalue weighted by Gasteiger charge is -2.10. The predicted octanol–water partition coefficient (Wildman–Crippen LogP) is 4.32. The van der Waals surface area contributed by atoms with E-state index in [1.807, 2.05) is 13.0 Å². The van der Waals surface area contributed by atoms with Crippen molar-refractivity contribution in [3.05, 3.63) is 57.0 Å². The number of halogens is 2. The molecule has 0 aliphatic heterocycles. The zero-order chi connectivity index (χ0) is 14.0. The zero-order valence-corrected chi connectivity index (χ0v) is 14.0. The van der Waals surface area contributed by atoms with Gasteiger partial charge in [-0.05, 0) is 63.0 Å². The van der Waals surface area contributed by atoms with Crippen molar-refractivity contribution in [1.29, 1.82) is 0 Å². The van der Waals surface area contributed by atoms with E-state index in [9.17, 15) is 8.42 Å². The Morgan fingerprint density at radius 2 is 1.63 bits per heavy atom. The molecule has 6 heteroatoms. The standard InChI is InChI=1S/C13H11Br2NO2S/c1-9-5-7-10(8-6-9)19(17,18)16-12-4-2-3-11(14)13(12)15/h2-8,16H,1H3. The number of benzene rings is 2. The summed E-state index contributed by atoms with van der Waals surface area (Å²) in [5, 5.41) is 0. The summed E-state index contributed by atoms with van der Waals surface area (Å²) in [5.74, 6) is 0. The number of rotatable bonds is 3. The molecule has 2 rings (SSSR count). The minimum absolute atomic E-state index is 0.241. The Morgan fingerprint density at radius 3 is 2.26 bits per heavy atom. The third-order valence-electron chi connectivity index (χ3n) is 2.53. The molecule has 0 radical (unpaired) electrons. The van der Waals surface area contributed by atoms with Gasteiger partial charge in [0, 0.05) is 4.47 Å². The molecule has 0 spiro atoms. The van der Waals surface area contributed by atoms with Gasteiger partial charge in [0.25, 0.3) is 10.0 Å². The highest BCUT2D eigenvalue weighted by atomic mass is 79.9. The molecule has 0 unspecified atom stereocenters. The quantitative estimate of drug-likeness (QED) is 0.827. The van der Waals surface area contributed by atoms with Crippen molar-refractivity contribution in [1.82, 2.24) is 0 Å². The highest BCUT2D eigenvalue weighted by molar-refractivity contribution is 9.13. The molecule has 0 atom stereocenters. The van der Waals surface area contributed by atoms with Crippen LogP contribution in [-0.4, -0.2) is 8.42 Å². The molecule has 0 aromatic heterocycles. The number of aryl methyl sites for hydroxylation is 1. The van der Waals surface area contributed by atoms with Crippen molar-refractivity contribution in [2.24, 2.45) is 0 Å². The summed E-state index contributed by atoms with van der Waals surface area (Å²) in [7, 11) is -3.57. The Morgan fingerprint density at radius 1 is 1.00 bits per heavy atom. The number of nitrogens with one attached hydrogen (secondary N) is 1. The maximum Gasteiger partial charge on any atom is 0.261 e. The van der Waals surface area contributed by atoms with E-state index in [4.69, 9.17) is 0 Å². The molecule has 0 fully saturated rings. The second-order valence-corrected chi connectivity index (χ2v) is 7.35. The predicted molar refractivity (Wildman–Crippen MR) is 83.8 cm³/mol. The minimum Gasteiger partial charge on any atom is -0.278 e. The second kappa shape index (κ2) is 5.64. The van der Waals surface area contributed by atoms with Gasteiger partial charge >= 0.3 is 0 Å². The average Bonchev–Trinajstić information content (AvgIpc) is 2.35. The van der Waals surface area contributed by atoms with E-state index in [1.54, 1.807) is 36.4 Å². The van der Waals surface area contributed by atoms with E-state index in [-0.39, 0.29) is 4.90 Å². The molecule has 2 aromatic rings. The molecular formula is C13H11Br2NO2S. The summed E-state index contributed by atoms with van der Waals surface area (Å²) in [5.41, 5.74) is 1.51. The number of anilines is 1. The van der Waals surface area contributed by atoms with Crippen LogP contribution in [0.25, 0.3) is 0 Å². The van der Waals surface area contributed by atoms with Gasteiger partial charge in [-0.2, -0.15) is 0 Å². The lowest BCUT2D eigenvalue weighted by Crippen LogP contribution is -2.13. The highest BCUT2D eigenvalue weighted by Crippen LogP contribution is 2.31. The lowest BCUT2D eigenvalue weighted by molar-refractivity contribution is 0.601. The summed E-state index contributed by atoms with van der Waals surface area (Å²) in [6.45, 7) is 1.91. The SMILES string of the molecule is Cc1ccc(S(=O)(=O)Nc2cccc(Br)c2Br)cc1. The van der Waals surface area contributed by atoms with Gasteiger partial charge in [-0.3, -0.25) is 4.72 Å². The summed E-state index contributed by atoms with van der Waals surface area (Å²) in [4.78, 5) is 0.241. The van der Waals surface area contributed by atoms with Crippen LogP contribution in [0.1, 0.15) is 5.56 Å². The molecule has 100 valence electrons. The molecule has 0 saturated carbocycles. The van der Waals surface area contributed by atoms with Crippen LogP contribution >= 0.6 is 31.9 Å². The first-order valence-electron chi connectivity index (χ1n) is 5.43. The van der Waals surface area contributed by atoms with Crippen molar-refractivity contribution in [2.45, 2.75) is 11.8 Å². The Balaban J connectivity index is 2.36. The van der Waals surface area contributed by atoms with Gasteiger partial charge in [-0.15, -0.1) is 0 Å². The first-order valence-corrected chi connectivity index (χ1v) is 8.50. The van der Waals surface area contributed by atoms with Gasteiger partial charge in [0.05, 0.1) is 15.1 Å². The minimum atomic E-state index is -3.57. The molecule has 1 N–H and O–H groups in total. The Kier molecular flexibility index (Phi) is 4.32. The number of hydrogen-bond donors (Lipinski definition) is 1. The smallest absolute Gasteiger partial charge is 0.261 e. The molecule has 0 saturated heterocycles. The Hall–Kier alpha value is -0.850. The van der Waals surface area contributed by atoms with Gasteiger partial charge < -0.3 is 0 Å². The first-order chi connectivity index (χ1) is 8.90. The first kappa shape index (κ1) is 14.6. The van der Waals surface area contributed by atoms with E-state index < -0.39 is 10.0 Å². The summed E-state index contributed by atoms with van der Waals surface area (Å²) in [6, 6.07) is 12.0. The zero-order valence-electron chi connectivity index (χ0n) is 10.0. The Bertz CT molecular complexity index is 697. The normalized spacial score (nSPS) is 11.3. The summed E-state index contributed by atoms with van der Waals surface area (Å²) in [6.07, 6.45) is 0. The van der Waals surface area contributed by atoms with Crippen LogP contribution in [0.15, 0.2) is 56.3 Å². The van der Waals surface area contributed by atoms with E-state index in [2.05, 4.69) is 36.6 Å². The lowest BCUT2D eigenvalue weighted by atomic mass is 10.2.